The number of ketones is 1. The minimum absolute atomic E-state index is 0.0578. The first-order valence-electron chi connectivity index (χ1n) is 4.22. The molecule has 1 aromatic carbocycles. The van der Waals surface area contributed by atoms with E-state index in [1.807, 2.05) is 31.2 Å². The van der Waals surface area contributed by atoms with Gasteiger partial charge in [-0.05, 0) is 25.0 Å². The molecule has 0 aromatic heterocycles. The summed E-state index contributed by atoms with van der Waals surface area (Å²) in [6.45, 7) is 3.67. The Morgan fingerprint density at radius 2 is 2.42 bits per heavy atom. The average molecular weight is 161 g/mol. The monoisotopic (exact) mass is 161 g/mol. The van der Waals surface area contributed by atoms with E-state index in [1.165, 1.54) is 0 Å². The Morgan fingerprint density at radius 1 is 1.67 bits per heavy atom. The molecule has 1 heteroatoms. The highest BCUT2D eigenvalue weighted by Gasteiger charge is 2.12. The molecule has 0 N–H and O–H groups in total. The van der Waals surface area contributed by atoms with Crippen LogP contribution in [0.15, 0.2) is 24.3 Å². The molecule has 0 fully saturated rings. The first kappa shape index (κ1) is 8.98. The molecule has 1 rings (SSSR count). The highest BCUT2D eigenvalue weighted by molar-refractivity contribution is 5.83. The Hall–Kier alpha value is -1.11. The zero-order valence-electron chi connectivity index (χ0n) is 7.50. The van der Waals surface area contributed by atoms with Crippen molar-refractivity contribution in [2.24, 2.45) is 0 Å². The second-order valence-corrected chi connectivity index (χ2v) is 2.91. The summed E-state index contributed by atoms with van der Waals surface area (Å²) in [6, 6.07) is 10.6. The van der Waals surface area contributed by atoms with E-state index >= 15 is 0 Å². The minimum atomic E-state index is 0.0578. The largest absolute Gasteiger partial charge is 0.299 e. The smallest absolute Gasteiger partial charge is 0.137 e. The summed E-state index contributed by atoms with van der Waals surface area (Å²) in [4.78, 5) is 11.2. The third kappa shape index (κ3) is 1.94. The SMILES string of the molecule is CCC(C(C)=O)c1c[c]ccc1. The summed E-state index contributed by atoms with van der Waals surface area (Å²) in [6.07, 6.45) is 0.868. The Balaban J connectivity index is 2.88. The van der Waals surface area contributed by atoms with Crippen molar-refractivity contribution in [3.63, 3.8) is 0 Å². The van der Waals surface area contributed by atoms with Gasteiger partial charge >= 0.3 is 0 Å². The van der Waals surface area contributed by atoms with Crippen LogP contribution in [0, 0.1) is 6.07 Å². The lowest BCUT2D eigenvalue weighted by molar-refractivity contribution is -0.118. The number of benzene rings is 1. The number of carbonyl (C=O) groups is 1. The number of hydrogen-bond acceptors (Lipinski definition) is 1. The third-order valence-electron chi connectivity index (χ3n) is 2.03. The fourth-order valence-electron chi connectivity index (χ4n) is 1.38. The van der Waals surface area contributed by atoms with Gasteiger partial charge in [0.05, 0.1) is 0 Å². The standard InChI is InChI=1S/C11H13O/c1-3-11(9(2)12)10-7-5-4-6-8-10/h4-5,7-8,11H,3H2,1-2H3. The van der Waals surface area contributed by atoms with E-state index in [0.29, 0.717) is 0 Å². The Morgan fingerprint density at radius 3 is 2.83 bits per heavy atom. The van der Waals surface area contributed by atoms with Crippen LogP contribution in [0.4, 0.5) is 0 Å². The van der Waals surface area contributed by atoms with Gasteiger partial charge in [0.25, 0.3) is 0 Å². The van der Waals surface area contributed by atoms with Crippen molar-refractivity contribution >= 4 is 5.78 Å². The lowest BCUT2D eigenvalue weighted by Gasteiger charge is -2.10. The summed E-state index contributed by atoms with van der Waals surface area (Å²) in [5.41, 5.74) is 1.08. The maximum atomic E-state index is 11.2. The van der Waals surface area contributed by atoms with Crippen LogP contribution in [-0.2, 0) is 4.79 Å². The zero-order valence-corrected chi connectivity index (χ0v) is 7.50. The van der Waals surface area contributed by atoms with Gasteiger partial charge in [-0.1, -0.05) is 31.2 Å². The van der Waals surface area contributed by atoms with E-state index < -0.39 is 0 Å². The van der Waals surface area contributed by atoms with E-state index in [2.05, 4.69) is 6.07 Å². The predicted molar refractivity (Wildman–Crippen MR) is 49.0 cm³/mol. The molecule has 0 aliphatic carbocycles. The molecule has 0 amide bonds. The molecule has 0 saturated carbocycles. The van der Waals surface area contributed by atoms with Crippen LogP contribution in [0.5, 0.6) is 0 Å². The lowest BCUT2D eigenvalue weighted by Crippen LogP contribution is -2.06. The van der Waals surface area contributed by atoms with Crippen LogP contribution in [0.2, 0.25) is 0 Å². The van der Waals surface area contributed by atoms with Gasteiger partial charge in [-0.2, -0.15) is 0 Å². The number of rotatable bonds is 3. The van der Waals surface area contributed by atoms with Gasteiger partial charge in [-0.3, -0.25) is 4.79 Å². The predicted octanol–water partition coefficient (Wildman–Crippen LogP) is 2.57. The molecule has 12 heavy (non-hydrogen) atoms. The van der Waals surface area contributed by atoms with Crippen molar-refractivity contribution in [2.75, 3.05) is 0 Å². The maximum Gasteiger partial charge on any atom is 0.137 e. The first-order chi connectivity index (χ1) is 5.75. The Bertz CT molecular complexity index is 251. The number of hydrogen-bond donors (Lipinski definition) is 0. The van der Waals surface area contributed by atoms with Gasteiger partial charge < -0.3 is 0 Å². The van der Waals surface area contributed by atoms with Crippen molar-refractivity contribution in [2.45, 2.75) is 26.2 Å². The molecule has 0 spiro atoms. The minimum Gasteiger partial charge on any atom is -0.299 e. The van der Waals surface area contributed by atoms with E-state index in [9.17, 15) is 4.79 Å². The van der Waals surface area contributed by atoms with Crippen LogP contribution in [0.1, 0.15) is 31.7 Å². The van der Waals surface area contributed by atoms with Gasteiger partial charge in [0.15, 0.2) is 0 Å². The summed E-state index contributed by atoms with van der Waals surface area (Å²) < 4.78 is 0. The normalized spacial score (nSPS) is 12.5. The van der Waals surface area contributed by atoms with Crippen molar-refractivity contribution in [1.82, 2.24) is 0 Å². The zero-order chi connectivity index (χ0) is 8.97. The highest BCUT2D eigenvalue weighted by Crippen LogP contribution is 2.19. The van der Waals surface area contributed by atoms with Crippen molar-refractivity contribution < 1.29 is 4.79 Å². The second-order valence-electron chi connectivity index (χ2n) is 2.91. The van der Waals surface area contributed by atoms with Crippen LogP contribution in [0.25, 0.3) is 0 Å². The fourth-order valence-corrected chi connectivity index (χ4v) is 1.38. The molecule has 0 saturated heterocycles. The molecule has 0 aliphatic heterocycles. The molecule has 0 bridgehead atoms. The molecule has 1 nitrogen and oxygen atoms in total. The molecule has 63 valence electrons. The lowest BCUT2D eigenvalue weighted by atomic mass is 9.93. The van der Waals surface area contributed by atoms with Gasteiger partial charge in [0, 0.05) is 5.92 Å². The summed E-state index contributed by atoms with van der Waals surface area (Å²) >= 11 is 0. The van der Waals surface area contributed by atoms with Crippen LogP contribution in [-0.4, -0.2) is 5.78 Å². The Kier molecular flexibility index (Phi) is 3.03. The molecule has 1 atom stereocenters. The van der Waals surface area contributed by atoms with Gasteiger partial charge in [-0.15, -0.1) is 0 Å². The topological polar surface area (TPSA) is 17.1 Å². The second kappa shape index (κ2) is 4.05. The summed E-state index contributed by atoms with van der Waals surface area (Å²) in [7, 11) is 0. The van der Waals surface area contributed by atoms with Gasteiger partial charge in [-0.25, -0.2) is 0 Å². The molecular formula is C11H13O. The van der Waals surface area contributed by atoms with Crippen LogP contribution < -0.4 is 0 Å². The van der Waals surface area contributed by atoms with E-state index in [-0.39, 0.29) is 11.7 Å². The van der Waals surface area contributed by atoms with Crippen molar-refractivity contribution in [1.29, 1.82) is 0 Å². The molecule has 1 aromatic rings. The summed E-state index contributed by atoms with van der Waals surface area (Å²) in [5.74, 6) is 0.291. The van der Waals surface area contributed by atoms with E-state index in [1.54, 1.807) is 6.92 Å². The van der Waals surface area contributed by atoms with E-state index in [0.717, 1.165) is 12.0 Å². The van der Waals surface area contributed by atoms with Crippen molar-refractivity contribution in [3.05, 3.63) is 35.9 Å². The van der Waals surface area contributed by atoms with Crippen LogP contribution in [0.3, 0.4) is 0 Å². The molecular weight excluding hydrogens is 148 g/mol. The quantitative estimate of drug-likeness (QED) is 0.665. The van der Waals surface area contributed by atoms with Crippen LogP contribution >= 0.6 is 0 Å². The molecule has 0 heterocycles. The number of Topliss-reactive ketones (excluding diaryl/α,β-unsaturated/α-hetero) is 1. The molecule has 1 unspecified atom stereocenters. The van der Waals surface area contributed by atoms with Gasteiger partial charge in [0.1, 0.15) is 5.78 Å². The summed E-state index contributed by atoms with van der Waals surface area (Å²) in [5, 5.41) is 0. The van der Waals surface area contributed by atoms with Crippen molar-refractivity contribution in [3.8, 4) is 0 Å². The van der Waals surface area contributed by atoms with E-state index in [4.69, 9.17) is 0 Å². The molecule has 0 aliphatic rings. The maximum absolute atomic E-state index is 11.2. The first-order valence-corrected chi connectivity index (χ1v) is 4.22. The number of carbonyl (C=O) groups excluding carboxylic acids is 1. The molecule has 1 radical (unpaired) electrons. The third-order valence-corrected chi connectivity index (χ3v) is 2.03. The Labute approximate surface area is 73.4 Å². The fraction of sp³-hybridized carbons (Fsp3) is 0.364. The average Bonchev–Trinajstić information content (AvgIpc) is 2.07. The highest BCUT2D eigenvalue weighted by atomic mass is 16.1. The van der Waals surface area contributed by atoms with Gasteiger partial charge in [0.2, 0.25) is 0 Å².